The number of morpholine rings is 1. The zero-order valence-corrected chi connectivity index (χ0v) is 18.7. The number of rotatable bonds is 6. The molecule has 6 nitrogen and oxygen atoms in total. The Morgan fingerprint density at radius 1 is 1.00 bits per heavy atom. The molecule has 0 saturated carbocycles. The predicted octanol–water partition coefficient (Wildman–Crippen LogP) is 3.24. The van der Waals surface area contributed by atoms with E-state index >= 15 is 0 Å². The van der Waals surface area contributed by atoms with Crippen molar-refractivity contribution in [3.05, 3.63) is 29.8 Å². The van der Waals surface area contributed by atoms with Crippen LogP contribution in [0.3, 0.4) is 0 Å². The summed E-state index contributed by atoms with van der Waals surface area (Å²) in [6, 6.07) is 8.20. The van der Waals surface area contributed by atoms with Crippen LogP contribution in [0.5, 0.6) is 5.75 Å². The number of carbonyl (C=O) groups is 2. The molecule has 2 saturated heterocycles. The van der Waals surface area contributed by atoms with E-state index in [0.29, 0.717) is 58.8 Å². The normalized spacial score (nSPS) is 18.4. The minimum Gasteiger partial charge on any atom is -0.494 e. The minimum atomic E-state index is 0.0477. The van der Waals surface area contributed by atoms with E-state index in [2.05, 4.69) is 32.9 Å². The third kappa shape index (κ3) is 6.21. The lowest BCUT2D eigenvalue weighted by Crippen LogP contribution is -2.47. The number of nitrogens with zero attached hydrogens (tertiary/aromatic N) is 2. The van der Waals surface area contributed by atoms with Crippen LogP contribution in [0, 0.1) is 5.92 Å². The monoisotopic (exact) mass is 416 g/mol. The van der Waals surface area contributed by atoms with Gasteiger partial charge in [-0.05, 0) is 42.4 Å². The second-order valence-electron chi connectivity index (χ2n) is 9.32. The van der Waals surface area contributed by atoms with Gasteiger partial charge in [0.05, 0.1) is 19.8 Å². The third-order valence-electron chi connectivity index (χ3n) is 6.04. The number of amides is 2. The lowest BCUT2D eigenvalue weighted by molar-refractivity contribution is -0.143. The van der Waals surface area contributed by atoms with Crippen LogP contribution in [-0.2, 0) is 19.7 Å². The molecule has 2 fully saturated rings. The van der Waals surface area contributed by atoms with Gasteiger partial charge in [0.15, 0.2) is 0 Å². The number of benzene rings is 1. The molecule has 0 radical (unpaired) electrons. The summed E-state index contributed by atoms with van der Waals surface area (Å²) in [6.07, 6.45) is 2.71. The van der Waals surface area contributed by atoms with E-state index in [0.717, 1.165) is 18.6 Å². The molecule has 6 heteroatoms. The summed E-state index contributed by atoms with van der Waals surface area (Å²) in [4.78, 5) is 28.9. The van der Waals surface area contributed by atoms with Crippen LogP contribution in [0.4, 0.5) is 0 Å². The molecule has 0 atom stereocenters. The Hall–Kier alpha value is -2.08. The Kier molecular flexibility index (Phi) is 7.75. The zero-order chi connectivity index (χ0) is 21.6. The molecular weight excluding hydrogens is 380 g/mol. The maximum Gasteiger partial charge on any atom is 0.225 e. The number of carbonyl (C=O) groups excluding carboxylic acids is 2. The molecule has 1 aromatic carbocycles. The molecule has 2 aliphatic rings. The van der Waals surface area contributed by atoms with Gasteiger partial charge in [-0.25, -0.2) is 0 Å². The highest BCUT2D eigenvalue weighted by atomic mass is 16.5. The maximum absolute atomic E-state index is 12.6. The Morgan fingerprint density at radius 3 is 2.23 bits per heavy atom. The number of hydrogen-bond donors (Lipinski definition) is 0. The van der Waals surface area contributed by atoms with Gasteiger partial charge in [0.2, 0.25) is 11.8 Å². The molecule has 30 heavy (non-hydrogen) atoms. The minimum absolute atomic E-state index is 0.0477. The first-order valence-corrected chi connectivity index (χ1v) is 11.2. The SMILES string of the molecule is CC(C)(C)c1ccc(OCCCC(=O)N2CCC(C(=O)N3CCOCC3)CC2)cc1. The van der Waals surface area contributed by atoms with Crippen LogP contribution >= 0.6 is 0 Å². The fourth-order valence-corrected chi connectivity index (χ4v) is 4.04. The first kappa shape index (κ1) is 22.6. The van der Waals surface area contributed by atoms with Gasteiger partial charge in [0.25, 0.3) is 0 Å². The van der Waals surface area contributed by atoms with Crippen LogP contribution in [-0.4, -0.2) is 67.6 Å². The van der Waals surface area contributed by atoms with Crippen molar-refractivity contribution in [1.29, 1.82) is 0 Å². The second kappa shape index (κ2) is 10.3. The molecule has 1 aromatic rings. The van der Waals surface area contributed by atoms with Crippen molar-refractivity contribution in [2.75, 3.05) is 46.0 Å². The van der Waals surface area contributed by atoms with Crippen LogP contribution in [0.15, 0.2) is 24.3 Å². The average Bonchev–Trinajstić information content (AvgIpc) is 2.76. The van der Waals surface area contributed by atoms with E-state index in [1.54, 1.807) is 0 Å². The van der Waals surface area contributed by atoms with Crippen LogP contribution < -0.4 is 4.74 Å². The first-order valence-electron chi connectivity index (χ1n) is 11.2. The number of ether oxygens (including phenoxy) is 2. The van der Waals surface area contributed by atoms with Crippen molar-refractivity contribution in [2.45, 2.75) is 51.9 Å². The van der Waals surface area contributed by atoms with Gasteiger partial charge in [0, 0.05) is 38.5 Å². The predicted molar refractivity (Wildman–Crippen MR) is 117 cm³/mol. The lowest BCUT2D eigenvalue weighted by Gasteiger charge is -2.35. The number of piperidine rings is 1. The average molecular weight is 417 g/mol. The number of hydrogen-bond acceptors (Lipinski definition) is 4. The molecule has 3 rings (SSSR count). The van der Waals surface area contributed by atoms with E-state index < -0.39 is 0 Å². The Balaban J connectivity index is 1.33. The zero-order valence-electron chi connectivity index (χ0n) is 18.7. The van der Waals surface area contributed by atoms with Gasteiger partial charge < -0.3 is 19.3 Å². The summed E-state index contributed by atoms with van der Waals surface area (Å²) in [7, 11) is 0. The fraction of sp³-hybridized carbons (Fsp3) is 0.667. The molecule has 0 unspecified atom stereocenters. The van der Waals surface area contributed by atoms with Crippen molar-refractivity contribution in [3.8, 4) is 5.75 Å². The molecule has 0 spiro atoms. The van der Waals surface area contributed by atoms with Gasteiger partial charge in [-0.1, -0.05) is 32.9 Å². The van der Waals surface area contributed by atoms with Crippen molar-refractivity contribution in [2.24, 2.45) is 5.92 Å². The smallest absolute Gasteiger partial charge is 0.225 e. The van der Waals surface area contributed by atoms with Gasteiger partial charge >= 0.3 is 0 Å². The molecule has 166 valence electrons. The highest BCUT2D eigenvalue weighted by Gasteiger charge is 2.30. The van der Waals surface area contributed by atoms with E-state index in [-0.39, 0.29) is 23.1 Å². The molecule has 0 aromatic heterocycles. The quantitative estimate of drug-likeness (QED) is 0.668. The van der Waals surface area contributed by atoms with Crippen LogP contribution in [0.2, 0.25) is 0 Å². The fourth-order valence-electron chi connectivity index (χ4n) is 4.04. The van der Waals surface area contributed by atoms with E-state index in [1.807, 2.05) is 21.9 Å². The van der Waals surface area contributed by atoms with E-state index in [9.17, 15) is 9.59 Å². The van der Waals surface area contributed by atoms with E-state index in [1.165, 1.54) is 5.56 Å². The summed E-state index contributed by atoms with van der Waals surface area (Å²) in [5, 5.41) is 0. The van der Waals surface area contributed by atoms with E-state index in [4.69, 9.17) is 9.47 Å². The first-order chi connectivity index (χ1) is 14.3. The van der Waals surface area contributed by atoms with Crippen LogP contribution in [0.1, 0.15) is 52.0 Å². The number of likely N-dealkylation sites (tertiary alicyclic amines) is 1. The van der Waals surface area contributed by atoms with Gasteiger partial charge in [-0.2, -0.15) is 0 Å². The third-order valence-corrected chi connectivity index (χ3v) is 6.04. The maximum atomic E-state index is 12.6. The Labute approximate surface area is 180 Å². The molecule has 0 bridgehead atoms. The largest absolute Gasteiger partial charge is 0.494 e. The summed E-state index contributed by atoms with van der Waals surface area (Å²) in [6.45, 7) is 11.1. The van der Waals surface area contributed by atoms with Crippen molar-refractivity contribution in [1.82, 2.24) is 9.80 Å². The molecule has 2 heterocycles. The van der Waals surface area contributed by atoms with Crippen LogP contribution in [0.25, 0.3) is 0 Å². The van der Waals surface area contributed by atoms with Gasteiger partial charge in [0.1, 0.15) is 5.75 Å². The second-order valence-corrected chi connectivity index (χ2v) is 9.32. The standard InChI is InChI=1S/C24H36N2O4/c1-24(2,3)20-6-8-21(9-7-20)30-16-4-5-22(27)25-12-10-19(11-13-25)23(28)26-14-17-29-18-15-26/h6-9,19H,4-5,10-18H2,1-3H3. The Morgan fingerprint density at radius 2 is 1.63 bits per heavy atom. The highest BCUT2D eigenvalue weighted by Crippen LogP contribution is 2.24. The van der Waals surface area contributed by atoms with Gasteiger partial charge in [-0.15, -0.1) is 0 Å². The van der Waals surface area contributed by atoms with Crippen molar-refractivity contribution in [3.63, 3.8) is 0 Å². The summed E-state index contributed by atoms with van der Waals surface area (Å²) >= 11 is 0. The summed E-state index contributed by atoms with van der Waals surface area (Å²) in [5.41, 5.74) is 1.41. The topological polar surface area (TPSA) is 59.1 Å². The molecule has 2 amide bonds. The van der Waals surface area contributed by atoms with Crippen molar-refractivity contribution < 1.29 is 19.1 Å². The Bertz CT molecular complexity index is 697. The molecular formula is C24H36N2O4. The molecule has 0 N–H and O–H groups in total. The highest BCUT2D eigenvalue weighted by molar-refractivity contribution is 5.80. The summed E-state index contributed by atoms with van der Waals surface area (Å²) in [5.74, 6) is 1.29. The van der Waals surface area contributed by atoms with Crippen molar-refractivity contribution >= 4 is 11.8 Å². The molecule has 0 aliphatic carbocycles. The van der Waals surface area contributed by atoms with Gasteiger partial charge in [-0.3, -0.25) is 9.59 Å². The molecule has 2 aliphatic heterocycles. The summed E-state index contributed by atoms with van der Waals surface area (Å²) < 4.78 is 11.1. The lowest BCUT2D eigenvalue weighted by atomic mass is 9.87.